The lowest BCUT2D eigenvalue weighted by atomic mass is 9.79. The molecule has 0 saturated carbocycles. The molecule has 0 spiro atoms. The van der Waals surface area contributed by atoms with Gasteiger partial charge in [-0.25, -0.2) is 4.98 Å². The monoisotopic (exact) mass is 361 g/mol. The highest BCUT2D eigenvalue weighted by molar-refractivity contribution is 6.63. The van der Waals surface area contributed by atoms with E-state index in [-0.39, 0.29) is 43.1 Å². The molecule has 3 heterocycles. The number of hydrogen-bond acceptors (Lipinski definition) is 5. The van der Waals surface area contributed by atoms with Crippen molar-refractivity contribution in [2.24, 2.45) is 0 Å². The van der Waals surface area contributed by atoms with E-state index in [0.29, 0.717) is 0 Å². The van der Waals surface area contributed by atoms with Crippen molar-refractivity contribution in [3.05, 3.63) is 18.3 Å². The molecular formula is C15H26BCl2N3O2. The fraction of sp³-hybridized carbons (Fsp3) is 0.667. The minimum absolute atomic E-state index is 0. The van der Waals surface area contributed by atoms with E-state index in [1.54, 1.807) is 0 Å². The molecule has 0 aliphatic carbocycles. The van der Waals surface area contributed by atoms with Gasteiger partial charge in [-0.05, 0) is 33.8 Å². The number of hydrogen-bond donors (Lipinski definition) is 1. The van der Waals surface area contributed by atoms with Crippen LogP contribution < -0.4 is 15.7 Å². The average molecular weight is 362 g/mol. The average Bonchev–Trinajstić information content (AvgIpc) is 2.68. The summed E-state index contributed by atoms with van der Waals surface area (Å²) in [6.45, 7) is 12.2. The van der Waals surface area contributed by atoms with E-state index < -0.39 is 0 Å². The van der Waals surface area contributed by atoms with Gasteiger partial charge >= 0.3 is 7.12 Å². The van der Waals surface area contributed by atoms with Gasteiger partial charge < -0.3 is 19.5 Å². The predicted molar refractivity (Wildman–Crippen MR) is 99.5 cm³/mol. The second-order valence-corrected chi connectivity index (χ2v) is 6.74. The van der Waals surface area contributed by atoms with Crippen LogP contribution in [0.15, 0.2) is 18.3 Å². The summed E-state index contributed by atoms with van der Waals surface area (Å²) in [5.74, 6) is 0.984. The van der Waals surface area contributed by atoms with Crippen LogP contribution in [0.5, 0.6) is 0 Å². The highest BCUT2D eigenvalue weighted by atomic mass is 35.5. The lowest BCUT2D eigenvalue weighted by molar-refractivity contribution is 0.00578. The zero-order chi connectivity index (χ0) is 15.1. The van der Waals surface area contributed by atoms with Gasteiger partial charge in [-0.1, -0.05) is 6.07 Å². The number of rotatable bonds is 2. The molecular weight excluding hydrogens is 336 g/mol. The Kier molecular flexibility index (Phi) is 6.76. The summed E-state index contributed by atoms with van der Waals surface area (Å²) in [7, 11) is -0.353. The number of pyridine rings is 1. The Bertz CT molecular complexity index is 509. The van der Waals surface area contributed by atoms with Crippen LogP contribution in [0.3, 0.4) is 0 Å². The molecule has 0 radical (unpaired) electrons. The molecule has 2 aliphatic rings. The third-order valence-corrected chi connectivity index (χ3v) is 4.74. The Labute approximate surface area is 151 Å². The maximum Gasteiger partial charge on any atom is 0.498 e. The molecule has 2 saturated heterocycles. The summed E-state index contributed by atoms with van der Waals surface area (Å²) >= 11 is 0. The molecule has 8 heteroatoms. The first-order valence-corrected chi connectivity index (χ1v) is 7.67. The largest absolute Gasteiger partial charge is 0.498 e. The Morgan fingerprint density at radius 1 is 1.09 bits per heavy atom. The van der Waals surface area contributed by atoms with Crippen LogP contribution in [-0.4, -0.2) is 49.5 Å². The van der Waals surface area contributed by atoms with E-state index in [1.807, 2.05) is 12.3 Å². The van der Waals surface area contributed by atoms with Crippen molar-refractivity contribution in [1.82, 2.24) is 10.3 Å². The van der Waals surface area contributed by atoms with E-state index >= 15 is 0 Å². The van der Waals surface area contributed by atoms with E-state index in [1.165, 1.54) is 0 Å². The molecule has 0 atom stereocenters. The second-order valence-electron chi connectivity index (χ2n) is 6.74. The van der Waals surface area contributed by atoms with Crippen LogP contribution in [0, 0.1) is 0 Å². The van der Waals surface area contributed by atoms with Gasteiger partial charge in [0, 0.05) is 37.8 Å². The number of nitrogens with one attached hydrogen (secondary N) is 1. The third kappa shape index (κ3) is 3.94. The van der Waals surface area contributed by atoms with Crippen LogP contribution >= 0.6 is 24.8 Å². The Hall–Kier alpha value is -0.525. The first-order valence-electron chi connectivity index (χ1n) is 7.67. The smallest absolute Gasteiger partial charge is 0.399 e. The van der Waals surface area contributed by atoms with Crippen LogP contribution in [0.2, 0.25) is 0 Å². The number of aromatic nitrogens is 1. The summed E-state index contributed by atoms with van der Waals surface area (Å²) in [5, 5.41) is 3.37. The van der Waals surface area contributed by atoms with Crippen molar-refractivity contribution in [3.8, 4) is 0 Å². The first-order chi connectivity index (χ1) is 9.91. The number of halogens is 2. The van der Waals surface area contributed by atoms with E-state index in [9.17, 15) is 0 Å². The standard InChI is InChI=1S/C15H24BN3O2.2ClH/c1-14(2)15(3,4)21-16(20-14)12-6-5-7-18-13(12)19-10-8-17-9-11-19;;/h5-7,17H,8-11H2,1-4H3;2*1H. The van der Waals surface area contributed by atoms with Gasteiger partial charge in [-0.3, -0.25) is 0 Å². The van der Waals surface area contributed by atoms with Crippen molar-refractivity contribution in [1.29, 1.82) is 0 Å². The van der Waals surface area contributed by atoms with Crippen molar-refractivity contribution < 1.29 is 9.31 Å². The number of anilines is 1. The molecule has 0 bridgehead atoms. The van der Waals surface area contributed by atoms with Crippen molar-refractivity contribution in [2.75, 3.05) is 31.1 Å². The van der Waals surface area contributed by atoms with E-state index in [4.69, 9.17) is 9.31 Å². The predicted octanol–water partition coefficient (Wildman–Crippen LogP) is 1.63. The molecule has 3 rings (SSSR count). The third-order valence-electron chi connectivity index (χ3n) is 4.74. The maximum atomic E-state index is 6.18. The summed E-state index contributed by atoms with van der Waals surface area (Å²) in [5.41, 5.74) is 0.376. The molecule has 2 aliphatic heterocycles. The normalized spacial score (nSPS) is 22.3. The first kappa shape index (κ1) is 20.5. The van der Waals surface area contributed by atoms with Gasteiger partial charge in [0.25, 0.3) is 0 Å². The van der Waals surface area contributed by atoms with Gasteiger partial charge in [0.1, 0.15) is 5.82 Å². The molecule has 130 valence electrons. The number of nitrogens with zero attached hydrogens (tertiary/aromatic N) is 2. The van der Waals surface area contributed by atoms with Crippen molar-refractivity contribution in [2.45, 2.75) is 38.9 Å². The van der Waals surface area contributed by atoms with Crippen LogP contribution in [0.1, 0.15) is 27.7 Å². The Morgan fingerprint density at radius 2 is 1.65 bits per heavy atom. The summed E-state index contributed by atoms with van der Waals surface area (Å²) in [6, 6.07) is 4.01. The van der Waals surface area contributed by atoms with Crippen LogP contribution in [0.25, 0.3) is 0 Å². The van der Waals surface area contributed by atoms with Gasteiger partial charge in [-0.2, -0.15) is 0 Å². The summed E-state index contributed by atoms with van der Waals surface area (Å²) in [6.07, 6.45) is 1.84. The van der Waals surface area contributed by atoms with E-state index in [0.717, 1.165) is 37.5 Å². The van der Waals surface area contributed by atoms with Crippen molar-refractivity contribution >= 4 is 43.2 Å². The zero-order valence-corrected chi connectivity index (χ0v) is 15.8. The molecule has 0 unspecified atom stereocenters. The maximum absolute atomic E-state index is 6.18. The fourth-order valence-electron chi connectivity index (χ4n) is 2.70. The van der Waals surface area contributed by atoms with Gasteiger partial charge in [0.2, 0.25) is 0 Å². The minimum Gasteiger partial charge on any atom is -0.399 e. The summed E-state index contributed by atoms with van der Waals surface area (Å²) in [4.78, 5) is 6.88. The molecule has 2 fully saturated rings. The Balaban J connectivity index is 0.00000132. The second kappa shape index (κ2) is 7.57. The van der Waals surface area contributed by atoms with Gasteiger partial charge in [0.05, 0.1) is 11.2 Å². The topological polar surface area (TPSA) is 46.6 Å². The van der Waals surface area contributed by atoms with Crippen molar-refractivity contribution in [3.63, 3.8) is 0 Å². The van der Waals surface area contributed by atoms with Crippen LogP contribution in [0.4, 0.5) is 5.82 Å². The molecule has 23 heavy (non-hydrogen) atoms. The highest BCUT2D eigenvalue weighted by Gasteiger charge is 2.52. The zero-order valence-electron chi connectivity index (χ0n) is 14.2. The van der Waals surface area contributed by atoms with Crippen LogP contribution in [-0.2, 0) is 9.31 Å². The molecule has 0 amide bonds. The lowest BCUT2D eigenvalue weighted by Crippen LogP contribution is -2.48. The SMILES string of the molecule is CC1(C)OB(c2cccnc2N2CCNCC2)OC1(C)C.Cl.Cl. The molecule has 1 aromatic heterocycles. The molecule has 5 nitrogen and oxygen atoms in total. The molecule has 1 N–H and O–H groups in total. The quantitative estimate of drug-likeness (QED) is 0.811. The fourth-order valence-corrected chi connectivity index (χ4v) is 2.70. The van der Waals surface area contributed by atoms with Gasteiger partial charge in [-0.15, -0.1) is 24.8 Å². The number of piperazine rings is 1. The molecule has 0 aromatic carbocycles. The van der Waals surface area contributed by atoms with E-state index in [2.05, 4.69) is 49.0 Å². The van der Waals surface area contributed by atoms with Gasteiger partial charge in [0.15, 0.2) is 0 Å². The highest BCUT2D eigenvalue weighted by Crippen LogP contribution is 2.37. The Morgan fingerprint density at radius 3 is 2.22 bits per heavy atom. The summed E-state index contributed by atoms with van der Waals surface area (Å²) < 4.78 is 12.4. The lowest BCUT2D eigenvalue weighted by Gasteiger charge is -2.32. The molecule has 1 aromatic rings. The minimum atomic E-state index is -0.353.